The first kappa shape index (κ1) is 9.52. The molecule has 0 aromatic heterocycles. The number of Topliss-reactive ketones (excluding diaryl/α,β-unsaturated/α-hetero) is 1. The van der Waals surface area contributed by atoms with Gasteiger partial charge in [0.1, 0.15) is 0 Å². The molecule has 2 nitrogen and oxygen atoms in total. The van der Waals surface area contributed by atoms with Gasteiger partial charge in [-0.3, -0.25) is 4.79 Å². The Kier molecular flexibility index (Phi) is 3.53. The van der Waals surface area contributed by atoms with Crippen LogP contribution in [0.15, 0.2) is 23.9 Å². The van der Waals surface area contributed by atoms with Crippen molar-refractivity contribution in [2.45, 2.75) is 6.92 Å². The van der Waals surface area contributed by atoms with Crippen molar-refractivity contribution in [1.29, 1.82) is 0 Å². The molecule has 0 aromatic rings. The first-order valence-electron chi connectivity index (χ1n) is 3.98. The van der Waals surface area contributed by atoms with Gasteiger partial charge in [-0.05, 0) is 19.2 Å². The maximum Gasteiger partial charge on any atom is 0.171 e. The minimum Gasteiger partial charge on any atom is -0.373 e. The summed E-state index contributed by atoms with van der Waals surface area (Å²) in [6.07, 6.45) is 5.81. The van der Waals surface area contributed by atoms with E-state index in [4.69, 9.17) is 0 Å². The Labute approximate surface area is 81.1 Å². The summed E-state index contributed by atoms with van der Waals surface area (Å²) in [6.45, 7) is 3.77. The van der Waals surface area contributed by atoms with Gasteiger partial charge in [-0.1, -0.05) is 22.0 Å². The average molecular weight is 230 g/mol. The van der Waals surface area contributed by atoms with Gasteiger partial charge in [-0.15, -0.1) is 0 Å². The first-order valence-corrected chi connectivity index (χ1v) is 5.10. The van der Waals surface area contributed by atoms with Crippen molar-refractivity contribution in [1.82, 2.24) is 4.90 Å². The fourth-order valence-corrected chi connectivity index (χ4v) is 1.45. The molecular weight excluding hydrogens is 218 g/mol. The van der Waals surface area contributed by atoms with Crippen LogP contribution in [0.1, 0.15) is 6.92 Å². The number of carbonyl (C=O) groups is 1. The molecule has 0 atom stereocenters. The van der Waals surface area contributed by atoms with E-state index in [9.17, 15) is 4.79 Å². The number of likely N-dealkylation sites (N-methyl/N-ethyl adjacent to an activating group) is 1. The van der Waals surface area contributed by atoms with Crippen LogP contribution in [0.5, 0.6) is 0 Å². The summed E-state index contributed by atoms with van der Waals surface area (Å²) in [5.41, 5.74) is 0.885. The van der Waals surface area contributed by atoms with Crippen molar-refractivity contribution >= 4 is 21.7 Å². The van der Waals surface area contributed by atoms with Crippen LogP contribution < -0.4 is 0 Å². The molecule has 0 aromatic carbocycles. The summed E-state index contributed by atoms with van der Waals surface area (Å²) in [4.78, 5) is 13.4. The molecule has 3 heteroatoms. The van der Waals surface area contributed by atoms with E-state index in [2.05, 4.69) is 27.8 Å². The standard InChI is InChI=1S/C9H12BrNO/c1-2-11-5-3-4-8(7-11)9(12)6-10/h3-5H,2,6-7H2,1H3. The predicted molar refractivity (Wildman–Crippen MR) is 53.3 cm³/mol. The maximum atomic E-state index is 11.3. The Morgan fingerprint density at radius 1 is 1.75 bits per heavy atom. The van der Waals surface area contributed by atoms with Gasteiger partial charge in [0.25, 0.3) is 0 Å². The second kappa shape index (κ2) is 4.45. The molecule has 0 amide bonds. The van der Waals surface area contributed by atoms with E-state index in [-0.39, 0.29) is 5.78 Å². The highest BCUT2D eigenvalue weighted by Crippen LogP contribution is 2.08. The lowest BCUT2D eigenvalue weighted by Crippen LogP contribution is -2.25. The SMILES string of the molecule is CCN1C=CC=C(C(=O)CBr)C1. The van der Waals surface area contributed by atoms with Gasteiger partial charge < -0.3 is 4.90 Å². The number of carbonyl (C=O) groups excluding carboxylic acids is 1. The molecule has 12 heavy (non-hydrogen) atoms. The summed E-state index contributed by atoms with van der Waals surface area (Å²) in [5, 5.41) is 0.421. The molecule has 66 valence electrons. The van der Waals surface area contributed by atoms with Crippen LogP contribution in [0.25, 0.3) is 0 Å². The number of hydrogen-bond acceptors (Lipinski definition) is 2. The highest BCUT2D eigenvalue weighted by molar-refractivity contribution is 9.09. The van der Waals surface area contributed by atoms with Gasteiger partial charge in [0.2, 0.25) is 0 Å². The molecule has 0 fully saturated rings. The molecular formula is C9H12BrNO. The highest BCUT2D eigenvalue weighted by Gasteiger charge is 2.11. The van der Waals surface area contributed by atoms with Crippen LogP contribution in [0.4, 0.5) is 0 Å². The highest BCUT2D eigenvalue weighted by atomic mass is 79.9. The Morgan fingerprint density at radius 3 is 3.08 bits per heavy atom. The molecule has 0 bridgehead atoms. The zero-order valence-electron chi connectivity index (χ0n) is 7.09. The number of halogens is 1. The lowest BCUT2D eigenvalue weighted by Gasteiger charge is -2.21. The second-order valence-electron chi connectivity index (χ2n) is 2.65. The van der Waals surface area contributed by atoms with E-state index >= 15 is 0 Å². The Balaban J connectivity index is 2.62. The molecule has 0 spiro atoms. The summed E-state index contributed by atoms with van der Waals surface area (Å²) < 4.78 is 0. The quantitative estimate of drug-likeness (QED) is 0.688. The van der Waals surface area contributed by atoms with Crippen LogP contribution >= 0.6 is 15.9 Å². The van der Waals surface area contributed by atoms with Crippen molar-refractivity contribution in [3.8, 4) is 0 Å². The Bertz CT molecular complexity index is 233. The summed E-state index contributed by atoms with van der Waals surface area (Å²) in [7, 11) is 0. The van der Waals surface area contributed by atoms with Crippen molar-refractivity contribution in [2.75, 3.05) is 18.4 Å². The zero-order valence-corrected chi connectivity index (χ0v) is 8.67. The van der Waals surface area contributed by atoms with E-state index in [1.165, 1.54) is 0 Å². The smallest absolute Gasteiger partial charge is 0.171 e. The molecule has 1 aliphatic rings. The summed E-state index contributed by atoms with van der Waals surface area (Å²) in [6, 6.07) is 0. The normalized spacial score (nSPS) is 16.2. The summed E-state index contributed by atoms with van der Waals surface area (Å²) >= 11 is 3.16. The molecule has 0 unspecified atom stereocenters. The first-order chi connectivity index (χ1) is 5.77. The molecule has 1 aliphatic heterocycles. The number of nitrogens with zero attached hydrogens (tertiary/aromatic N) is 1. The number of alkyl halides is 1. The van der Waals surface area contributed by atoms with Gasteiger partial charge in [-0.2, -0.15) is 0 Å². The lowest BCUT2D eigenvalue weighted by atomic mass is 10.1. The topological polar surface area (TPSA) is 20.3 Å². The van der Waals surface area contributed by atoms with Crippen LogP contribution in [-0.2, 0) is 4.79 Å². The van der Waals surface area contributed by atoms with Crippen LogP contribution in [0.3, 0.4) is 0 Å². The van der Waals surface area contributed by atoms with E-state index in [0.717, 1.165) is 18.7 Å². The van der Waals surface area contributed by atoms with Gasteiger partial charge in [-0.25, -0.2) is 0 Å². The fourth-order valence-electron chi connectivity index (χ4n) is 1.09. The van der Waals surface area contributed by atoms with Gasteiger partial charge >= 0.3 is 0 Å². The number of hydrogen-bond donors (Lipinski definition) is 0. The van der Waals surface area contributed by atoms with Crippen molar-refractivity contribution < 1.29 is 4.79 Å². The van der Waals surface area contributed by atoms with Crippen molar-refractivity contribution in [3.05, 3.63) is 23.9 Å². The fraction of sp³-hybridized carbons (Fsp3) is 0.444. The van der Waals surface area contributed by atoms with E-state index in [0.29, 0.717) is 5.33 Å². The monoisotopic (exact) mass is 229 g/mol. The summed E-state index contributed by atoms with van der Waals surface area (Å²) in [5.74, 6) is 0.179. The van der Waals surface area contributed by atoms with Crippen molar-refractivity contribution in [3.63, 3.8) is 0 Å². The average Bonchev–Trinajstić information content (AvgIpc) is 2.17. The number of ketones is 1. The Morgan fingerprint density at radius 2 is 2.50 bits per heavy atom. The number of rotatable bonds is 3. The van der Waals surface area contributed by atoms with Gasteiger partial charge in [0, 0.05) is 18.7 Å². The van der Waals surface area contributed by atoms with Crippen LogP contribution in [0.2, 0.25) is 0 Å². The van der Waals surface area contributed by atoms with E-state index < -0.39 is 0 Å². The molecule has 0 radical (unpaired) electrons. The van der Waals surface area contributed by atoms with E-state index in [1.807, 2.05) is 18.4 Å². The predicted octanol–water partition coefficient (Wildman–Crippen LogP) is 1.73. The molecule has 0 aliphatic carbocycles. The van der Waals surface area contributed by atoms with Crippen LogP contribution in [-0.4, -0.2) is 29.1 Å². The van der Waals surface area contributed by atoms with Gasteiger partial charge in [0.05, 0.1) is 5.33 Å². The maximum absolute atomic E-state index is 11.3. The zero-order chi connectivity index (χ0) is 8.97. The minimum absolute atomic E-state index is 0.179. The van der Waals surface area contributed by atoms with Crippen LogP contribution in [0, 0.1) is 0 Å². The molecule has 0 N–H and O–H groups in total. The third-order valence-corrected chi connectivity index (χ3v) is 2.36. The molecule has 1 rings (SSSR count). The Hall–Kier alpha value is -0.570. The molecule has 1 heterocycles. The minimum atomic E-state index is 0.179. The van der Waals surface area contributed by atoms with Crippen molar-refractivity contribution in [2.24, 2.45) is 0 Å². The molecule has 0 saturated heterocycles. The second-order valence-corrected chi connectivity index (χ2v) is 3.21. The number of allylic oxidation sites excluding steroid dienone is 2. The third-order valence-electron chi connectivity index (χ3n) is 1.85. The molecule has 0 saturated carbocycles. The van der Waals surface area contributed by atoms with E-state index in [1.54, 1.807) is 0 Å². The third kappa shape index (κ3) is 2.21. The van der Waals surface area contributed by atoms with Gasteiger partial charge in [0.15, 0.2) is 5.78 Å². The largest absolute Gasteiger partial charge is 0.373 e. The lowest BCUT2D eigenvalue weighted by molar-refractivity contribution is -0.113.